The lowest BCUT2D eigenvalue weighted by atomic mass is 9.96. The van der Waals surface area contributed by atoms with Crippen LogP contribution >= 0.6 is 11.6 Å². The zero-order chi connectivity index (χ0) is 29.9. The van der Waals surface area contributed by atoms with Crippen molar-refractivity contribution in [2.45, 2.75) is 31.9 Å². The summed E-state index contributed by atoms with van der Waals surface area (Å²) in [7, 11) is 5.68. The number of anilines is 6. The van der Waals surface area contributed by atoms with E-state index in [0.29, 0.717) is 40.2 Å². The standard InChI is InChI=1S/C29H35ClFN7O3/c1-7-27(39)34-22-14-23(25(41-6)15-24(22)38-11-9-17(16-38)37(4)5)35-28-32-10-8-26(36-28)33-21-13-19(30)20(31)12-18(21)29(2,3)40/h7-8,10,12-15,17,40H,1,9,11,16H2,2-6H3,(H,34,39)(H2,32,33,35,36)/t17-/m0/s1. The van der Waals surface area contributed by atoms with Crippen LogP contribution in [-0.2, 0) is 10.4 Å². The van der Waals surface area contributed by atoms with E-state index in [9.17, 15) is 14.3 Å². The van der Waals surface area contributed by atoms with E-state index in [4.69, 9.17) is 16.3 Å². The first kappa shape index (κ1) is 30.0. The summed E-state index contributed by atoms with van der Waals surface area (Å²) in [5.41, 5.74) is 1.30. The highest BCUT2D eigenvalue weighted by Crippen LogP contribution is 2.40. The molecule has 1 saturated heterocycles. The van der Waals surface area contributed by atoms with Crippen LogP contribution in [0.15, 0.2) is 49.2 Å². The molecule has 4 rings (SSSR count). The molecule has 0 unspecified atom stereocenters. The lowest BCUT2D eigenvalue weighted by Crippen LogP contribution is -2.31. The quantitative estimate of drug-likeness (QED) is 0.237. The highest BCUT2D eigenvalue weighted by atomic mass is 35.5. The Hall–Kier alpha value is -3.93. The summed E-state index contributed by atoms with van der Waals surface area (Å²) in [6, 6.07) is 8.25. The Morgan fingerprint density at radius 1 is 1.24 bits per heavy atom. The summed E-state index contributed by atoms with van der Waals surface area (Å²) in [4.78, 5) is 25.6. The summed E-state index contributed by atoms with van der Waals surface area (Å²) in [6.07, 6.45) is 3.75. The van der Waals surface area contributed by atoms with E-state index in [0.717, 1.165) is 25.2 Å². The Bertz CT molecular complexity index is 1440. The van der Waals surface area contributed by atoms with Gasteiger partial charge < -0.3 is 35.6 Å². The second kappa shape index (κ2) is 12.3. The number of aliphatic hydroxyl groups is 1. The maximum atomic E-state index is 14.2. The molecule has 1 aromatic heterocycles. The van der Waals surface area contributed by atoms with Gasteiger partial charge in [0.05, 0.1) is 34.8 Å². The van der Waals surface area contributed by atoms with Gasteiger partial charge in [-0.05, 0) is 64.7 Å². The van der Waals surface area contributed by atoms with Crippen LogP contribution in [0.2, 0.25) is 5.02 Å². The summed E-state index contributed by atoms with van der Waals surface area (Å²) >= 11 is 6.02. The second-order valence-electron chi connectivity index (χ2n) is 10.5. The smallest absolute Gasteiger partial charge is 0.247 e. The van der Waals surface area contributed by atoms with Gasteiger partial charge in [-0.15, -0.1) is 0 Å². The zero-order valence-corrected chi connectivity index (χ0v) is 24.5. The van der Waals surface area contributed by atoms with Crippen LogP contribution < -0.4 is 25.6 Å². The molecule has 1 aliphatic heterocycles. The Morgan fingerprint density at radius 3 is 2.63 bits per heavy atom. The van der Waals surface area contributed by atoms with Crippen LogP contribution in [0.1, 0.15) is 25.8 Å². The zero-order valence-electron chi connectivity index (χ0n) is 23.8. The van der Waals surface area contributed by atoms with Crippen molar-refractivity contribution in [1.29, 1.82) is 0 Å². The van der Waals surface area contributed by atoms with Gasteiger partial charge in [-0.1, -0.05) is 18.2 Å². The lowest BCUT2D eigenvalue weighted by molar-refractivity contribution is -0.111. The highest BCUT2D eigenvalue weighted by molar-refractivity contribution is 6.31. The van der Waals surface area contributed by atoms with Crippen molar-refractivity contribution in [2.75, 3.05) is 55.1 Å². The van der Waals surface area contributed by atoms with Crippen molar-refractivity contribution in [1.82, 2.24) is 14.9 Å². The number of methoxy groups -OCH3 is 1. The van der Waals surface area contributed by atoms with Gasteiger partial charge in [0.1, 0.15) is 17.4 Å². The molecule has 1 fully saturated rings. The van der Waals surface area contributed by atoms with Crippen LogP contribution in [0.5, 0.6) is 5.75 Å². The molecule has 1 amide bonds. The van der Waals surface area contributed by atoms with Gasteiger partial charge >= 0.3 is 0 Å². The SMILES string of the molecule is C=CC(=O)Nc1cc(Nc2nccc(Nc3cc(Cl)c(F)cc3C(C)(C)O)n2)c(OC)cc1N1CC[C@H](N(C)C)C1. The molecular formula is C29H35ClFN7O3. The Morgan fingerprint density at radius 2 is 2.00 bits per heavy atom. The average Bonchev–Trinajstić information content (AvgIpc) is 3.41. The number of likely N-dealkylation sites (N-methyl/N-ethyl adjacent to an activating group) is 1. The fourth-order valence-corrected chi connectivity index (χ4v) is 4.83. The fraction of sp³-hybridized carbons (Fsp3) is 0.345. The van der Waals surface area contributed by atoms with Crippen LogP contribution in [0, 0.1) is 5.82 Å². The van der Waals surface area contributed by atoms with Crippen LogP contribution in [0.25, 0.3) is 0 Å². The number of nitrogens with one attached hydrogen (secondary N) is 3. The van der Waals surface area contributed by atoms with Crippen molar-refractivity contribution in [3.05, 3.63) is 65.6 Å². The number of carbonyl (C=O) groups is 1. The summed E-state index contributed by atoms with van der Waals surface area (Å²) < 4.78 is 19.9. The minimum absolute atomic E-state index is 0.0956. The van der Waals surface area contributed by atoms with Crippen LogP contribution in [0.3, 0.4) is 0 Å². The van der Waals surface area contributed by atoms with E-state index < -0.39 is 11.4 Å². The van der Waals surface area contributed by atoms with Gasteiger partial charge in [-0.2, -0.15) is 4.98 Å². The van der Waals surface area contributed by atoms with E-state index in [1.807, 2.05) is 6.07 Å². The van der Waals surface area contributed by atoms with E-state index in [1.165, 1.54) is 18.2 Å². The van der Waals surface area contributed by atoms with E-state index in [1.54, 1.807) is 39.3 Å². The maximum absolute atomic E-state index is 14.2. The van der Waals surface area contributed by atoms with Crippen LogP contribution in [-0.4, -0.2) is 66.2 Å². The molecule has 12 heteroatoms. The van der Waals surface area contributed by atoms with E-state index >= 15 is 0 Å². The first-order valence-corrected chi connectivity index (χ1v) is 13.4. The number of hydrogen-bond acceptors (Lipinski definition) is 9. The summed E-state index contributed by atoms with van der Waals surface area (Å²) in [5, 5.41) is 19.6. The predicted molar refractivity (Wildman–Crippen MR) is 161 cm³/mol. The minimum Gasteiger partial charge on any atom is -0.494 e. The number of nitrogens with zero attached hydrogens (tertiary/aromatic N) is 4. The number of halogens is 2. The molecule has 41 heavy (non-hydrogen) atoms. The molecule has 218 valence electrons. The van der Waals surface area contributed by atoms with Gasteiger partial charge in [0.2, 0.25) is 11.9 Å². The third-order valence-corrected chi connectivity index (χ3v) is 7.17. The largest absolute Gasteiger partial charge is 0.494 e. The Kier molecular flexibility index (Phi) is 9.01. The number of amides is 1. The summed E-state index contributed by atoms with van der Waals surface area (Å²) in [6.45, 7) is 8.30. The van der Waals surface area contributed by atoms with Crippen molar-refractivity contribution in [3.63, 3.8) is 0 Å². The third-order valence-electron chi connectivity index (χ3n) is 6.88. The molecular weight excluding hydrogens is 549 g/mol. The molecule has 0 aliphatic carbocycles. The number of aromatic nitrogens is 2. The molecule has 0 bridgehead atoms. The third kappa shape index (κ3) is 7.05. The Balaban J connectivity index is 1.66. The number of carbonyl (C=O) groups excluding carboxylic acids is 1. The topological polar surface area (TPSA) is 115 Å². The molecule has 4 N–H and O–H groups in total. The number of ether oxygens (including phenoxy) is 1. The average molecular weight is 584 g/mol. The number of benzene rings is 2. The Labute approximate surface area is 244 Å². The number of rotatable bonds is 10. The molecule has 2 aromatic carbocycles. The number of hydrogen-bond donors (Lipinski definition) is 4. The van der Waals surface area contributed by atoms with Crippen molar-refractivity contribution in [2.24, 2.45) is 0 Å². The normalized spacial score (nSPS) is 15.1. The predicted octanol–water partition coefficient (Wildman–Crippen LogP) is 5.26. The molecule has 0 spiro atoms. The molecule has 0 saturated carbocycles. The van der Waals surface area contributed by atoms with Gasteiger partial charge in [-0.3, -0.25) is 4.79 Å². The second-order valence-corrected chi connectivity index (χ2v) is 10.9. The van der Waals surface area contributed by atoms with Crippen molar-refractivity contribution < 1.29 is 19.0 Å². The van der Waals surface area contributed by atoms with Crippen LogP contribution in [0.4, 0.5) is 38.9 Å². The minimum atomic E-state index is -1.34. The molecule has 10 nitrogen and oxygen atoms in total. The maximum Gasteiger partial charge on any atom is 0.247 e. The lowest BCUT2D eigenvalue weighted by Gasteiger charge is -2.25. The molecule has 1 atom stereocenters. The molecule has 3 aromatic rings. The molecule has 2 heterocycles. The monoisotopic (exact) mass is 583 g/mol. The van der Waals surface area contributed by atoms with Gasteiger partial charge in [-0.25, -0.2) is 9.37 Å². The van der Waals surface area contributed by atoms with Crippen molar-refractivity contribution in [3.8, 4) is 5.75 Å². The molecule has 0 radical (unpaired) electrons. The molecule has 1 aliphatic rings. The fourth-order valence-electron chi connectivity index (χ4n) is 4.67. The van der Waals surface area contributed by atoms with Gasteiger partial charge in [0.25, 0.3) is 0 Å². The highest BCUT2D eigenvalue weighted by Gasteiger charge is 2.27. The van der Waals surface area contributed by atoms with Gasteiger partial charge in [0, 0.05) is 42.6 Å². The first-order chi connectivity index (χ1) is 19.4. The van der Waals surface area contributed by atoms with Gasteiger partial charge in [0.15, 0.2) is 0 Å². The summed E-state index contributed by atoms with van der Waals surface area (Å²) in [5.74, 6) is 0.155. The van der Waals surface area contributed by atoms with E-state index in [2.05, 4.69) is 56.4 Å². The van der Waals surface area contributed by atoms with Crippen molar-refractivity contribution >= 4 is 52.0 Å². The van der Waals surface area contributed by atoms with E-state index in [-0.39, 0.29) is 16.9 Å². The first-order valence-electron chi connectivity index (χ1n) is 13.1.